The summed E-state index contributed by atoms with van der Waals surface area (Å²) in [5.41, 5.74) is 3.99. The number of hydrogen-bond donors (Lipinski definition) is 0. The molecule has 0 bridgehead atoms. The summed E-state index contributed by atoms with van der Waals surface area (Å²) < 4.78 is 12.3. The first kappa shape index (κ1) is 19.8. The van der Waals surface area contributed by atoms with Crippen molar-refractivity contribution in [2.24, 2.45) is 0 Å². The third kappa shape index (κ3) is 4.58. The number of ether oxygens (including phenoxy) is 2. The number of allylic oxidation sites excluding steroid dienone is 6. The average Bonchev–Trinajstić information content (AvgIpc) is 2.92. The Hall–Kier alpha value is -2.49. The molecule has 0 N–H and O–H groups in total. The first-order chi connectivity index (χ1) is 14.3. The highest BCUT2D eigenvalue weighted by Gasteiger charge is 2.16. The van der Waals surface area contributed by atoms with Crippen LogP contribution in [0.15, 0.2) is 72.8 Å². The summed E-state index contributed by atoms with van der Waals surface area (Å²) in [6.45, 7) is 0.525. The topological polar surface area (TPSA) is 18.5 Å². The third-order valence-electron chi connectivity index (χ3n) is 4.94. The molecular formula is C25H23ClO2S. The molecule has 1 aromatic heterocycles. The van der Waals surface area contributed by atoms with E-state index in [9.17, 15) is 0 Å². The smallest absolute Gasteiger partial charge is 0.120 e. The van der Waals surface area contributed by atoms with Crippen LogP contribution in [-0.4, -0.2) is 19.6 Å². The Morgan fingerprint density at radius 3 is 2.62 bits per heavy atom. The monoisotopic (exact) mass is 422 g/mol. The molecule has 1 aliphatic carbocycles. The largest absolute Gasteiger partial charge is 0.497 e. The minimum absolute atomic E-state index is 0.494. The molecule has 0 aliphatic heterocycles. The van der Waals surface area contributed by atoms with Crippen molar-refractivity contribution in [3.05, 3.63) is 88.8 Å². The highest BCUT2D eigenvalue weighted by molar-refractivity contribution is 7.20. The Bertz CT molecular complexity index is 1070. The Morgan fingerprint density at radius 1 is 1.00 bits per heavy atom. The lowest BCUT2D eigenvalue weighted by Crippen LogP contribution is -1.98. The number of alkyl halides is 1. The zero-order valence-corrected chi connectivity index (χ0v) is 17.9. The zero-order valence-electron chi connectivity index (χ0n) is 16.4. The normalized spacial score (nSPS) is 13.4. The Kier molecular flexibility index (Phi) is 6.38. The molecule has 1 heterocycles. The molecule has 1 aliphatic rings. The fraction of sp³-hybridized carbons (Fsp3) is 0.200. The fourth-order valence-corrected chi connectivity index (χ4v) is 4.86. The van der Waals surface area contributed by atoms with Crippen molar-refractivity contribution < 1.29 is 9.47 Å². The molecule has 148 valence electrons. The summed E-state index contributed by atoms with van der Waals surface area (Å²) >= 11 is 7.56. The maximum atomic E-state index is 5.71. The van der Waals surface area contributed by atoms with Crippen LogP contribution in [0.3, 0.4) is 0 Å². The molecule has 2 aromatic carbocycles. The third-order valence-corrected chi connectivity index (χ3v) is 6.36. The summed E-state index contributed by atoms with van der Waals surface area (Å²) in [4.78, 5) is 1.35. The van der Waals surface area contributed by atoms with Crippen molar-refractivity contribution in [3.8, 4) is 11.5 Å². The highest BCUT2D eigenvalue weighted by Crippen LogP contribution is 2.40. The molecule has 29 heavy (non-hydrogen) atoms. The molecule has 3 aromatic rings. The lowest BCUT2D eigenvalue weighted by molar-refractivity contribution is 0.342. The van der Waals surface area contributed by atoms with E-state index >= 15 is 0 Å². The number of rotatable bonds is 7. The van der Waals surface area contributed by atoms with Crippen LogP contribution in [0.5, 0.6) is 11.5 Å². The number of benzene rings is 2. The molecule has 0 spiro atoms. The molecule has 2 nitrogen and oxygen atoms in total. The fourth-order valence-electron chi connectivity index (χ4n) is 3.50. The Morgan fingerprint density at radius 2 is 1.83 bits per heavy atom. The molecule has 0 amide bonds. The maximum Gasteiger partial charge on any atom is 0.120 e. The lowest BCUT2D eigenvalue weighted by Gasteiger charge is -2.09. The van der Waals surface area contributed by atoms with Crippen LogP contribution in [0, 0.1) is 0 Å². The van der Waals surface area contributed by atoms with Gasteiger partial charge in [-0.05, 0) is 65.3 Å². The van der Waals surface area contributed by atoms with Crippen molar-refractivity contribution in [1.82, 2.24) is 0 Å². The van der Waals surface area contributed by atoms with Gasteiger partial charge in [-0.3, -0.25) is 0 Å². The van der Waals surface area contributed by atoms with Crippen LogP contribution in [0.2, 0.25) is 0 Å². The van der Waals surface area contributed by atoms with Crippen molar-refractivity contribution in [1.29, 1.82) is 0 Å². The second kappa shape index (κ2) is 9.34. The summed E-state index contributed by atoms with van der Waals surface area (Å²) in [5.74, 6) is 2.25. The van der Waals surface area contributed by atoms with Gasteiger partial charge in [0.25, 0.3) is 0 Å². The minimum atomic E-state index is 0.494. The Balaban J connectivity index is 1.73. The average molecular weight is 423 g/mol. The number of halogens is 1. The summed E-state index contributed by atoms with van der Waals surface area (Å²) in [6, 6.07) is 14.7. The van der Waals surface area contributed by atoms with Crippen LogP contribution >= 0.6 is 22.9 Å². The van der Waals surface area contributed by atoms with Gasteiger partial charge in [-0.15, -0.1) is 22.9 Å². The van der Waals surface area contributed by atoms with Gasteiger partial charge in [-0.2, -0.15) is 0 Å². The second-order valence-corrected chi connectivity index (χ2v) is 8.27. The molecule has 0 atom stereocenters. The quantitative estimate of drug-likeness (QED) is 0.381. The van der Waals surface area contributed by atoms with E-state index < -0.39 is 0 Å². The first-order valence-electron chi connectivity index (χ1n) is 9.68. The highest BCUT2D eigenvalue weighted by atomic mass is 35.5. The minimum Gasteiger partial charge on any atom is -0.497 e. The summed E-state index contributed by atoms with van der Waals surface area (Å²) in [6.07, 6.45) is 12.6. The number of methoxy groups -OCH3 is 1. The number of hydrogen-bond acceptors (Lipinski definition) is 3. The van der Waals surface area contributed by atoms with Gasteiger partial charge in [-0.1, -0.05) is 42.5 Å². The van der Waals surface area contributed by atoms with Gasteiger partial charge in [0.1, 0.15) is 18.1 Å². The van der Waals surface area contributed by atoms with Gasteiger partial charge in [0.2, 0.25) is 0 Å². The van der Waals surface area contributed by atoms with E-state index in [0.717, 1.165) is 24.3 Å². The second-order valence-electron chi connectivity index (χ2n) is 6.84. The van der Waals surface area contributed by atoms with E-state index in [1.54, 1.807) is 7.11 Å². The summed E-state index contributed by atoms with van der Waals surface area (Å²) in [7, 11) is 1.72. The molecule has 0 radical (unpaired) electrons. The first-order valence-corrected chi connectivity index (χ1v) is 11.0. The van der Waals surface area contributed by atoms with Crippen molar-refractivity contribution in [3.63, 3.8) is 0 Å². The van der Waals surface area contributed by atoms with Crippen LogP contribution < -0.4 is 9.47 Å². The SMILES string of the molecule is COc1ccc2c(Cc3ccc(OCCCl)cc3)c(C3=CC=CC=CC3)sc2c1. The molecular weight excluding hydrogens is 400 g/mol. The molecule has 0 saturated heterocycles. The van der Waals surface area contributed by atoms with Gasteiger partial charge in [-0.25, -0.2) is 0 Å². The van der Waals surface area contributed by atoms with E-state index in [1.165, 1.54) is 31.7 Å². The summed E-state index contributed by atoms with van der Waals surface area (Å²) in [5, 5.41) is 1.30. The van der Waals surface area contributed by atoms with Crippen molar-refractivity contribution in [2.45, 2.75) is 12.8 Å². The Labute approximate surface area is 180 Å². The molecule has 4 rings (SSSR count). The predicted octanol–water partition coefficient (Wildman–Crippen LogP) is 7.02. The van der Waals surface area contributed by atoms with Crippen molar-refractivity contribution >= 4 is 38.6 Å². The standard InChI is InChI=1S/C25H23ClO2S/c1-27-21-12-13-22-23(16-18-8-10-20(11-9-18)28-15-14-26)25(29-24(22)17-21)19-6-4-2-3-5-7-19/h2-6,8-13,17H,7,14-16H2,1H3. The van der Waals surface area contributed by atoms with E-state index in [4.69, 9.17) is 21.1 Å². The van der Waals surface area contributed by atoms with Crippen LogP contribution in [0.25, 0.3) is 15.7 Å². The van der Waals surface area contributed by atoms with Gasteiger partial charge < -0.3 is 9.47 Å². The number of thiophene rings is 1. The molecule has 0 saturated carbocycles. The van der Waals surface area contributed by atoms with E-state index in [1.807, 2.05) is 29.5 Å². The maximum absolute atomic E-state index is 5.71. The van der Waals surface area contributed by atoms with Crippen LogP contribution in [0.4, 0.5) is 0 Å². The van der Waals surface area contributed by atoms with Gasteiger partial charge >= 0.3 is 0 Å². The molecule has 0 unspecified atom stereocenters. The van der Waals surface area contributed by atoms with Crippen molar-refractivity contribution in [2.75, 3.05) is 19.6 Å². The zero-order chi connectivity index (χ0) is 20.1. The van der Waals surface area contributed by atoms with Gasteiger partial charge in [0.05, 0.1) is 13.0 Å². The molecule has 4 heteroatoms. The van der Waals surface area contributed by atoms with Crippen LogP contribution in [-0.2, 0) is 6.42 Å². The predicted molar refractivity (Wildman–Crippen MR) is 125 cm³/mol. The van der Waals surface area contributed by atoms with Gasteiger partial charge in [0.15, 0.2) is 0 Å². The number of fused-ring (bicyclic) bond motifs is 1. The van der Waals surface area contributed by atoms with Gasteiger partial charge in [0, 0.05) is 9.58 Å². The van der Waals surface area contributed by atoms with E-state index in [-0.39, 0.29) is 0 Å². The van der Waals surface area contributed by atoms with E-state index in [2.05, 4.69) is 54.6 Å². The lowest BCUT2D eigenvalue weighted by atomic mass is 9.97. The molecule has 0 fully saturated rings. The van der Waals surface area contributed by atoms with E-state index in [0.29, 0.717) is 12.5 Å². The van der Waals surface area contributed by atoms with Crippen LogP contribution in [0.1, 0.15) is 22.4 Å².